The molecule has 0 aliphatic heterocycles. The van der Waals surface area contributed by atoms with Crippen LogP contribution in [0.15, 0.2) is 86.0 Å². The lowest BCUT2D eigenvalue weighted by molar-refractivity contribution is -0.116. The number of hydrogen-bond donors (Lipinski definition) is 0. The first kappa shape index (κ1) is 30.3. The normalized spacial score (nSPS) is 12.9. The van der Waals surface area contributed by atoms with E-state index in [0.717, 1.165) is 10.4 Å². The van der Waals surface area contributed by atoms with Gasteiger partial charge in [-0.2, -0.15) is 0 Å². The van der Waals surface area contributed by atoms with Gasteiger partial charge in [0.25, 0.3) is 8.32 Å². The first-order chi connectivity index (χ1) is 17.4. The Hall–Kier alpha value is -2.96. The maximum atomic E-state index is 13.3. The molecule has 0 unspecified atom stereocenters. The van der Waals surface area contributed by atoms with E-state index in [9.17, 15) is 9.59 Å². The number of nitrogens with zero attached hydrogens (tertiary/aromatic N) is 1. The van der Waals surface area contributed by atoms with E-state index in [1.165, 1.54) is 6.08 Å². The second kappa shape index (κ2) is 13.0. The van der Waals surface area contributed by atoms with Crippen molar-refractivity contribution in [1.82, 2.24) is 4.90 Å². The van der Waals surface area contributed by atoms with Gasteiger partial charge in [0.15, 0.2) is 5.78 Å². The predicted octanol–water partition coefficient (Wildman–Crippen LogP) is 5.89. The van der Waals surface area contributed by atoms with E-state index >= 15 is 0 Å². The zero-order valence-corrected chi connectivity index (χ0v) is 24.3. The molecule has 1 atom stereocenters. The lowest BCUT2D eigenvalue weighted by atomic mass is 10.1. The monoisotopic (exact) mass is 521 g/mol. The number of rotatable bonds is 12. The summed E-state index contributed by atoms with van der Waals surface area (Å²) in [6, 6.07) is 20.1. The molecule has 0 aliphatic carbocycles. The fraction of sp³-hybridized carbons (Fsp3) is 0.419. The van der Waals surface area contributed by atoms with Gasteiger partial charge >= 0.3 is 6.09 Å². The molecule has 37 heavy (non-hydrogen) atoms. The number of carbonyl (C=O) groups excluding carboxylic acids is 2. The Morgan fingerprint density at radius 3 is 1.84 bits per heavy atom. The van der Waals surface area contributed by atoms with Gasteiger partial charge in [-0.1, -0.05) is 94.1 Å². The quantitative estimate of drug-likeness (QED) is 0.199. The molecule has 1 amide bonds. The van der Waals surface area contributed by atoms with E-state index in [1.54, 1.807) is 11.0 Å². The predicted molar refractivity (Wildman–Crippen MR) is 155 cm³/mol. The van der Waals surface area contributed by atoms with Gasteiger partial charge in [0.1, 0.15) is 5.60 Å². The highest BCUT2D eigenvalue weighted by atomic mass is 28.4. The van der Waals surface area contributed by atoms with Crippen molar-refractivity contribution in [3.63, 3.8) is 0 Å². The van der Waals surface area contributed by atoms with Gasteiger partial charge in [-0.3, -0.25) is 4.79 Å². The first-order valence-corrected chi connectivity index (χ1v) is 14.8. The molecule has 200 valence electrons. The standard InChI is InChI=1S/C31H43NO4Si/c1-9-11-22-32(29(34)36-30(3,4)5)25(23-26(33)10-2)24-35-37(31(6,7)8,27-18-14-12-15-19-27)28-20-16-13-17-21-28/h9-10,12-21,25H,1-2,11,22-24H2,3-8H3/t25-/m0/s1. The third kappa shape index (κ3) is 8.01. The van der Waals surface area contributed by atoms with Gasteiger partial charge in [-0.05, 0) is 48.7 Å². The van der Waals surface area contributed by atoms with Crippen LogP contribution in [-0.2, 0) is 14.0 Å². The largest absolute Gasteiger partial charge is 0.444 e. The lowest BCUT2D eigenvalue weighted by Crippen LogP contribution is -2.67. The summed E-state index contributed by atoms with van der Waals surface area (Å²) in [7, 11) is -2.87. The Morgan fingerprint density at radius 2 is 1.43 bits per heavy atom. The van der Waals surface area contributed by atoms with Crippen molar-refractivity contribution in [3.8, 4) is 0 Å². The minimum Gasteiger partial charge on any atom is -0.444 e. The minimum atomic E-state index is -2.87. The molecule has 0 aromatic heterocycles. The van der Waals surface area contributed by atoms with Crippen LogP contribution in [0, 0.1) is 0 Å². The number of ether oxygens (including phenoxy) is 1. The number of allylic oxidation sites excluding steroid dienone is 1. The SMILES string of the molecule is C=CCCN(C(=O)OC(C)(C)C)[C@H](CO[Si](c1ccccc1)(c1ccccc1)C(C)(C)C)CC(=O)C=C. The average molecular weight is 522 g/mol. The second-order valence-electron chi connectivity index (χ2n) is 11.3. The van der Waals surface area contributed by atoms with Crippen molar-refractivity contribution >= 4 is 30.6 Å². The fourth-order valence-electron chi connectivity index (χ4n) is 4.53. The van der Waals surface area contributed by atoms with Gasteiger partial charge in [-0.25, -0.2) is 4.79 Å². The van der Waals surface area contributed by atoms with Crippen molar-refractivity contribution < 1.29 is 18.8 Å². The van der Waals surface area contributed by atoms with Crippen LogP contribution < -0.4 is 10.4 Å². The molecule has 6 heteroatoms. The van der Waals surface area contributed by atoms with E-state index in [1.807, 2.05) is 57.2 Å². The van der Waals surface area contributed by atoms with Gasteiger partial charge in [0.2, 0.25) is 0 Å². The number of benzene rings is 2. The summed E-state index contributed by atoms with van der Waals surface area (Å²) >= 11 is 0. The Balaban J connectivity index is 2.60. The van der Waals surface area contributed by atoms with E-state index in [4.69, 9.17) is 9.16 Å². The van der Waals surface area contributed by atoms with Crippen LogP contribution in [0.25, 0.3) is 0 Å². The van der Waals surface area contributed by atoms with Crippen LogP contribution in [0.1, 0.15) is 54.4 Å². The van der Waals surface area contributed by atoms with Gasteiger partial charge in [-0.15, -0.1) is 6.58 Å². The highest BCUT2D eigenvalue weighted by Gasteiger charge is 2.50. The first-order valence-electron chi connectivity index (χ1n) is 12.9. The highest BCUT2D eigenvalue weighted by Crippen LogP contribution is 2.37. The molecule has 2 aromatic rings. The van der Waals surface area contributed by atoms with Crippen molar-refractivity contribution in [2.24, 2.45) is 0 Å². The maximum Gasteiger partial charge on any atom is 0.410 e. The van der Waals surface area contributed by atoms with Crippen LogP contribution in [0.3, 0.4) is 0 Å². The molecule has 0 radical (unpaired) electrons. The molecular weight excluding hydrogens is 478 g/mol. The van der Waals surface area contributed by atoms with Crippen LogP contribution in [0.4, 0.5) is 4.79 Å². The van der Waals surface area contributed by atoms with Crippen molar-refractivity contribution in [1.29, 1.82) is 0 Å². The van der Waals surface area contributed by atoms with Crippen LogP contribution in [0.2, 0.25) is 5.04 Å². The molecule has 0 fully saturated rings. The summed E-state index contributed by atoms with van der Waals surface area (Å²) in [5, 5.41) is 2.04. The van der Waals surface area contributed by atoms with Crippen LogP contribution in [0.5, 0.6) is 0 Å². The molecule has 0 saturated heterocycles. The molecule has 2 rings (SSSR count). The van der Waals surface area contributed by atoms with Crippen molar-refractivity contribution in [2.75, 3.05) is 13.2 Å². The van der Waals surface area contributed by atoms with E-state index in [-0.39, 0.29) is 23.8 Å². The average Bonchev–Trinajstić information content (AvgIpc) is 2.83. The zero-order valence-electron chi connectivity index (χ0n) is 23.3. The second-order valence-corrected chi connectivity index (χ2v) is 15.6. The third-order valence-electron chi connectivity index (χ3n) is 6.22. The van der Waals surface area contributed by atoms with Crippen molar-refractivity contribution in [2.45, 2.75) is 71.1 Å². The molecule has 0 saturated carbocycles. The molecule has 0 heterocycles. The molecule has 0 bridgehead atoms. The third-order valence-corrected chi connectivity index (χ3v) is 11.2. The Labute approximate surface area is 224 Å². The van der Waals surface area contributed by atoms with Crippen LogP contribution >= 0.6 is 0 Å². The molecular formula is C31H43NO4Si. The summed E-state index contributed by atoms with van der Waals surface area (Å²) in [4.78, 5) is 27.6. The molecule has 0 N–H and O–H groups in total. The van der Waals surface area contributed by atoms with Crippen molar-refractivity contribution in [3.05, 3.63) is 86.0 Å². The van der Waals surface area contributed by atoms with Gasteiger partial charge in [0, 0.05) is 13.0 Å². The number of carbonyl (C=O) groups is 2. The Kier molecular flexibility index (Phi) is 10.6. The number of hydrogen-bond acceptors (Lipinski definition) is 4. The smallest absolute Gasteiger partial charge is 0.410 e. The fourth-order valence-corrected chi connectivity index (χ4v) is 9.13. The Bertz CT molecular complexity index is 999. The zero-order chi connectivity index (χ0) is 27.7. The molecule has 2 aromatic carbocycles. The lowest BCUT2D eigenvalue weighted by Gasteiger charge is -2.44. The van der Waals surface area contributed by atoms with Crippen LogP contribution in [-0.4, -0.2) is 49.9 Å². The summed E-state index contributed by atoms with van der Waals surface area (Å²) in [5.74, 6) is -0.150. The molecule has 0 spiro atoms. The summed E-state index contributed by atoms with van der Waals surface area (Å²) in [5.41, 5.74) is -0.671. The summed E-state index contributed by atoms with van der Waals surface area (Å²) < 4.78 is 12.8. The highest BCUT2D eigenvalue weighted by molar-refractivity contribution is 6.99. The van der Waals surface area contributed by atoms with E-state index < -0.39 is 26.1 Å². The van der Waals surface area contributed by atoms with Gasteiger partial charge in [0.05, 0.1) is 12.6 Å². The topological polar surface area (TPSA) is 55.8 Å². The van der Waals surface area contributed by atoms with E-state index in [2.05, 4.69) is 58.2 Å². The number of ketones is 1. The number of amides is 1. The van der Waals surface area contributed by atoms with E-state index in [0.29, 0.717) is 13.0 Å². The Morgan fingerprint density at radius 1 is 0.919 bits per heavy atom. The summed E-state index contributed by atoms with van der Waals surface area (Å²) in [6.07, 6.45) is 3.25. The maximum absolute atomic E-state index is 13.3. The summed E-state index contributed by atoms with van der Waals surface area (Å²) in [6.45, 7) is 20.1. The molecule has 0 aliphatic rings. The molecule has 5 nitrogen and oxygen atoms in total. The van der Waals surface area contributed by atoms with Gasteiger partial charge < -0.3 is 14.1 Å². The minimum absolute atomic E-state index is 0.0953.